The summed E-state index contributed by atoms with van der Waals surface area (Å²) in [5.41, 5.74) is -0.684. The standard InChI is InChI=1S/C26H42N4O8/c1-5-7-17-21(27-22(31)26(2,3)4)20(16-9-13-30(16)24(34)35)19(15-8-12-29(15)23(32)33)18(38-17)14-37-25(36)28-10-6-11-28/h15-21H,5-14H2,1-4H3,(H,27,31)(H,32,33)(H,34,35)/t15?,16?,17-,18+,19+,20-,21-/m1/s1. The summed E-state index contributed by atoms with van der Waals surface area (Å²) in [6.07, 6.45) is -0.0811. The first-order valence-corrected chi connectivity index (χ1v) is 13.8. The lowest BCUT2D eigenvalue weighted by Gasteiger charge is -2.59. The molecule has 0 radical (unpaired) electrons. The van der Waals surface area contributed by atoms with Gasteiger partial charge in [-0.2, -0.15) is 0 Å². The van der Waals surface area contributed by atoms with Crippen LogP contribution in [0.5, 0.6) is 0 Å². The van der Waals surface area contributed by atoms with Crippen LogP contribution >= 0.6 is 0 Å². The molecule has 0 saturated carbocycles. The molecule has 4 amide bonds. The number of carbonyl (C=O) groups excluding carboxylic acids is 2. The molecule has 0 bridgehead atoms. The maximum absolute atomic E-state index is 13.2. The molecule has 7 atom stereocenters. The maximum atomic E-state index is 13.2. The average Bonchev–Trinajstić information content (AvgIpc) is 2.71. The number of hydrogen-bond acceptors (Lipinski definition) is 6. The van der Waals surface area contributed by atoms with Gasteiger partial charge in [0.25, 0.3) is 0 Å². The monoisotopic (exact) mass is 538 g/mol. The minimum Gasteiger partial charge on any atom is -0.465 e. The van der Waals surface area contributed by atoms with Crippen molar-refractivity contribution >= 4 is 24.2 Å². The van der Waals surface area contributed by atoms with E-state index in [0.717, 1.165) is 12.8 Å². The fraction of sp³-hybridized carbons (Fsp3) is 0.846. The van der Waals surface area contributed by atoms with E-state index >= 15 is 0 Å². The molecule has 4 aliphatic heterocycles. The number of hydrogen-bond donors (Lipinski definition) is 3. The third-order valence-corrected chi connectivity index (χ3v) is 8.59. The molecule has 4 saturated heterocycles. The SMILES string of the molecule is CCC[C@H]1O[C@@H](COC(=O)N2CCC2)[C@H](C2CCN2C(=O)O)[C@@H](C2CCN2C(=O)O)[C@@H]1NC(=O)C(C)(C)C. The lowest BCUT2D eigenvalue weighted by atomic mass is 9.64. The second kappa shape index (κ2) is 11.2. The number of nitrogens with one attached hydrogen (secondary N) is 1. The summed E-state index contributed by atoms with van der Waals surface area (Å²) in [7, 11) is 0. The molecule has 12 heteroatoms. The predicted octanol–water partition coefficient (Wildman–Crippen LogP) is 2.66. The van der Waals surface area contributed by atoms with E-state index in [0.29, 0.717) is 45.4 Å². The number of carboxylic acid groups (broad SMARTS) is 2. The van der Waals surface area contributed by atoms with Crippen molar-refractivity contribution in [3.63, 3.8) is 0 Å². The van der Waals surface area contributed by atoms with Gasteiger partial charge < -0.3 is 39.7 Å². The van der Waals surface area contributed by atoms with Gasteiger partial charge in [-0.05, 0) is 25.7 Å². The predicted molar refractivity (Wildman–Crippen MR) is 136 cm³/mol. The zero-order valence-electron chi connectivity index (χ0n) is 22.8. The molecule has 214 valence electrons. The molecule has 2 unspecified atom stereocenters. The van der Waals surface area contributed by atoms with Gasteiger partial charge in [0.05, 0.1) is 18.2 Å². The first kappa shape index (κ1) is 28.3. The van der Waals surface area contributed by atoms with Crippen LogP contribution in [0.4, 0.5) is 14.4 Å². The maximum Gasteiger partial charge on any atom is 0.409 e. The summed E-state index contributed by atoms with van der Waals surface area (Å²) in [6, 6.07) is -1.36. The summed E-state index contributed by atoms with van der Waals surface area (Å²) in [4.78, 5) is 54.3. The molecular formula is C26H42N4O8. The van der Waals surface area contributed by atoms with Crippen molar-refractivity contribution in [2.75, 3.05) is 32.8 Å². The van der Waals surface area contributed by atoms with E-state index in [-0.39, 0.29) is 12.5 Å². The van der Waals surface area contributed by atoms with Crippen LogP contribution in [0.1, 0.15) is 59.8 Å². The zero-order chi connectivity index (χ0) is 27.8. The normalized spacial score (nSPS) is 32.9. The Morgan fingerprint density at radius 1 is 0.921 bits per heavy atom. The van der Waals surface area contributed by atoms with E-state index in [4.69, 9.17) is 9.47 Å². The second-order valence-corrected chi connectivity index (χ2v) is 12.0. The zero-order valence-corrected chi connectivity index (χ0v) is 22.8. The Labute approximate surface area is 223 Å². The largest absolute Gasteiger partial charge is 0.465 e. The van der Waals surface area contributed by atoms with Crippen LogP contribution in [0.25, 0.3) is 0 Å². The van der Waals surface area contributed by atoms with Gasteiger partial charge >= 0.3 is 18.3 Å². The minimum absolute atomic E-state index is 0.0552. The summed E-state index contributed by atoms with van der Waals surface area (Å²) < 4.78 is 12.2. The molecule has 0 aliphatic carbocycles. The third-order valence-electron chi connectivity index (χ3n) is 8.59. The molecule has 12 nitrogen and oxygen atoms in total. The van der Waals surface area contributed by atoms with Crippen molar-refractivity contribution in [1.29, 1.82) is 0 Å². The Bertz CT molecular complexity index is 919. The van der Waals surface area contributed by atoms with Gasteiger partial charge in [0.1, 0.15) is 6.61 Å². The second-order valence-electron chi connectivity index (χ2n) is 12.0. The molecule has 4 fully saturated rings. The minimum atomic E-state index is -1.05. The lowest BCUT2D eigenvalue weighted by Crippen LogP contribution is -2.72. The molecule has 38 heavy (non-hydrogen) atoms. The lowest BCUT2D eigenvalue weighted by molar-refractivity contribution is -0.192. The Kier molecular flexibility index (Phi) is 8.29. The number of likely N-dealkylation sites (tertiary alicyclic amines) is 3. The van der Waals surface area contributed by atoms with Crippen molar-refractivity contribution < 1.29 is 38.9 Å². The first-order valence-electron chi connectivity index (χ1n) is 13.8. The van der Waals surface area contributed by atoms with Crippen molar-refractivity contribution in [3.8, 4) is 0 Å². The molecule has 0 aromatic carbocycles. The summed E-state index contributed by atoms with van der Waals surface area (Å²) in [6.45, 7) is 9.43. The molecule has 0 spiro atoms. The number of nitrogens with zero attached hydrogens (tertiary/aromatic N) is 3. The van der Waals surface area contributed by atoms with Crippen LogP contribution in [-0.2, 0) is 14.3 Å². The van der Waals surface area contributed by atoms with Gasteiger partial charge in [0.2, 0.25) is 5.91 Å². The van der Waals surface area contributed by atoms with Gasteiger partial charge in [0.15, 0.2) is 0 Å². The average molecular weight is 539 g/mol. The topological polar surface area (TPSA) is 149 Å². The number of carbonyl (C=O) groups is 4. The van der Waals surface area contributed by atoms with Crippen LogP contribution in [0.2, 0.25) is 0 Å². The molecular weight excluding hydrogens is 496 g/mol. The highest BCUT2D eigenvalue weighted by Crippen LogP contribution is 2.46. The first-order chi connectivity index (χ1) is 17.9. The number of rotatable bonds is 7. The third kappa shape index (κ3) is 5.50. The highest BCUT2D eigenvalue weighted by Gasteiger charge is 2.58. The van der Waals surface area contributed by atoms with E-state index in [9.17, 15) is 29.4 Å². The number of amides is 4. The summed E-state index contributed by atoms with van der Waals surface area (Å²) >= 11 is 0. The molecule has 4 rings (SSSR count). The van der Waals surface area contributed by atoms with Gasteiger partial charge in [0, 0.05) is 55.5 Å². The van der Waals surface area contributed by atoms with Crippen LogP contribution in [0.3, 0.4) is 0 Å². The van der Waals surface area contributed by atoms with Crippen LogP contribution in [0, 0.1) is 17.3 Å². The summed E-state index contributed by atoms with van der Waals surface area (Å²) in [5, 5.41) is 22.9. The van der Waals surface area contributed by atoms with E-state index in [1.165, 1.54) is 9.80 Å². The molecule has 0 aromatic heterocycles. The van der Waals surface area contributed by atoms with Crippen LogP contribution in [0.15, 0.2) is 0 Å². The Hall–Kier alpha value is -2.76. The molecule has 4 heterocycles. The van der Waals surface area contributed by atoms with Gasteiger partial charge in [-0.15, -0.1) is 0 Å². The Balaban J connectivity index is 1.71. The fourth-order valence-electron chi connectivity index (χ4n) is 6.21. The molecule has 3 N–H and O–H groups in total. The van der Waals surface area contributed by atoms with Crippen molar-refractivity contribution in [2.24, 2.45) is 17.3 Å². The Morgan fingerprint density at radius 2 is 1.50 bits per heavy atom. The van der Waals surface area contributed by atoms with Gasteiger partial charge in [-0.3, -0.25) is 4.79 Å². The van der Waals surface area contributed by atoms with Crippen molar-refractivity contribution in [3.05, 3.63) is 0 Å². The van der Waals surface area contributed by atoms with Crippen LogP contribution < -0.4 is 5.32 Å². The summed E-state index contributed by atoms with van der Waals surface area (Å²) in [5.74, 6) is -1.05. The van der Waals surface area contributed by atoms with Gasteiger partial charge in [-0.25, -0.2) is 14.4 Å². The highest BCUT2D eigenvalue weighted by molar-refractivity contribution is 5.81. The van der Waals surface area contributed by atoms with E-state index in [1.54, 1.807) is 4.90 Å². The Morgan fingerprint density at radius 3 is 1.92 bits per heavy atom. The van der Waals surface area contributed by atoms with Gasteiger partial charge in [-0.1, -0.05) is 34.1 Å². The number of ether oxygens (including phenoxy) is 2. The fourth-order valence-corrected chi connectivity index (χ4v) is 6.21. The molecule has 4 aliphatic rings. The quantitative estimate of drug-likeness (QED) is 0.448. The van der Waals surface area contributed by atoms with E-state index in [2.05, 4.69) is 5.32 Å². The van der Waals surface area contributed by atoms with E-state index in [1.807, 2.05) is 27.7 Å². The van der Waals surface area contributed by atoms with Crippen molar-refractivity contribution in [1.82, 2.24) is 20.0 Å². The van der Waals surface area contributed by atoms with Crippen LogP contribution in [-0.4, -0.2) is 112 Å². The highest BCUT2D eigenvalue weighted by atomic mass is 16.6. The molecule has 0 aromatic rings. The smallest absolute Gasteiger partial charge is 0.409 e. The van der Waals surface area contributed by atoms with Crippen molar-refractivity contribution in [2.45, 2.75) is 90.1 Å². The van der Waals surface area contributed by atoms with E-state index < -0.39 is 65.9 Å².